The summed E-state index contributed by atoms with van der Waals surface area (Å²) in [7, 11) is 0. The highest BCUT2D eigenvalue weighted by atomic mass is 35.5. The molecule has 2 saturated heterocycles. The number of pyridine rings is 1. The number of nitrogens with zero attached hydrogens (tertiary/aromatic N) is 1. The zero-order valence-electron chi connectivity index (χ0n) is 14.0. The maximum Gasteiger partial charge on any atom is 0.261 e. The van der Waals surface area contributed by atoms with Crippen molar-refractivity contribution in [3.8, 4) is 0 Å². The summed E-state index contributed by atoms with van der Waals surface area (Å²) >= 11 is 0. The highest BCUT2D eigenvalue weighted by Crippen LogP contribution is 2.27. The molecule has 2 N–H and O–H groups in total. The molecule has 3 aliphatic rings. The minimum atomic E-state index is -0.207. The third kappa shape index (κ3) is 3.24. The number of aromatic amines is 1. The molecule has 24 heavy (non-hydrogen) atoms. The first-order chi connectivity index (χ1) is 11.2. The fraction of sp³-hybridized carbons (Fsp3) is 0.667. The largest absolute Gasteiger partial charge is 0.338 e. The molecule has 2 atom stereocenters. The van der Waals surface area contributed by atoms with Crippen LogP contribution in [-0.4, -0.2) is 42.0 Å². The molecule has 0 saturated carbocycles. The smallest absolute Gasteiger partial charge is 0.261 e. The van der Waals surface area contributed by atoms with Gasteiger partial charge in [0.15, 0.2) is 0 Å². The monoisotopic (exact) mass is 351 g/mol. The highest BCUT2D eigenvalue weighted by Gasteiger charge is 2.32. The molecule has 0 unspecified atom stereocenters. The zero-order valence-corrected chi connectivity index (χ0v) is 14.8. The molecule has 0 spiro atoms. The van der Waals surface area contributed by atoms with E-state index in [2.05, 4.69) is 10.3 Å². The maximum atomic E-state index is 12.9. The second kappa shape index (κ2) is 7.28. The number of aromatic nitrogens is 1. The lowest BCUT2D eigenvalue weighted by atomic mass is 9.92. The number of hydrogen-bond donors (Lipinski definition) is 2. The van der Waals surface area contributed by atoms with Crippen LogP contribution in [0.2, 0.25) is 0 Å². The van der Waals surface area contributed by atoms with Crippen LogP contribution in [0, 0.1) is 11.8 Å². The Morgan fingerprint density at radius 3 is 2.46 bits per heavy atom. The molecule has 2 aliphatic heterocycles. The van der Waals surface area contributed by atoms with Gasteiger partial charge >= 0.3 is 0 Å². The number of fused-ring (bicyclic) bond motifs is 2. The van der Waals surface area contributed by atoms with Gasteiger partial charge in [0.2, 0.25) is 0 Å². The summed E-state index contributed by atoms with van der Waals surface area (Å²) in [5, 5.41) is 3.45. The van der Waals surface area contributed by atoms with Gasteiger partial charge in [-0.25, -0.2) is 0 Å². The first kappa shape index (κ1) is 17.5. The van der Waals surface area contributed by atoms with Crippen molar-refractivity contribution in [2.45, 2.75) is 38.5 Å². The Kier molecular flexibility index (Phi) is 5.30. The number of nitrogens with one attached hydrogen (secondary N) is 2. The van der Waals surface area contributed by atoms with E-state index in [0.29, 0.717) is 17.4 Å². The molecule has 1 aliphatic carbocycles. The van der Waals surface area contributed by atoms with Gasteiger partial charge in [0.1, 0.15) is 5.56 Å². The summed E-state index contributed by atoms with van der Waals surface area (Å²) in [6, 6.07) is 1.86. The van der Waals surface area contributed by atoms with Crippen LogP contribution in [0.5, 0.6) is 0 Å². The quantitative estimate of drug-likeness (QED) is 0.810. The Bertz CT molecular complexity index is 659. The molecule has 0 bridgehead atoms. The first-order valence-electron chi connectivity index (χ1n) is 8.97. The molecule has 0 radical (unpaired) electrons. The van der Waals surface area contributed by atoms with Gasteiger partial charge in [-0.05, 0) is 75.1 Å². The topological polar surface area (TPSA) is 65.2 Å². The van der Waals surface area contributed by atoms with E-state index in [-0.39, 0.29) is 23.9 Å². The lowest BCUT2D eigenvalue weighted by Gasteiger charge is -2.22. The number of halogens is 1. The molecule has 4 rings (SSSR count). The summed E-state index contributed by atoms with van der Waals surface area (Å²) in [6.07, 6.45) is 6.27. The molecule has 132 valence electrons. The zero-order chi connectivity index (χ0) is 15.8. The number of amides is 1. The van der Waals surface area contributed by atoms with Crippen LogP contribution in [0.4, 0.5) is 0 Å². The Morgan fingerprint density at radius 1 is 1.08 bits per heavy atom. The SMILES string of the molecule is Cl.O=C(c1cc2c([nH]c1=O)CCCC2)N1CC[C@@H]2CNC[C@@H]2CC1. The first-order valence-corrected chi connectivity index (χ1v) is 8.97. The van der Waals surface area contributed by atoms with Gasteiger partial charge in [-0.2, -0.15) is 0 Å². The van der Waals surface area contributed by atoms with Gasteiger partial charge in [-0.1, -0.05) is 0 Å². The standard InChI is InChI=1S/C18H25N3O2.ClH/c22-17-15(9-12-3-1-2-4-16(12)20-17)18(23)21-7-5-13-10-19-11-14(13)6-8-21;/h9,13-14,19H,1-8,10-11H2,(H,20,22);1H/t13-,14+;. The van der Waals surface area contributed by atoms with Crippen LogP contribution in [0.25, 0.3) is 0 Å². The maximum absolute atomic E-state index is 12.9. The number of H-pyrrole nitrogens is 1. The molecule has 3 heterocycles. The molecule has 1 aromatic heterocycles. The lowest BCUT2D eigenvalue weighted by Crippen LogP contribution is -2.36. The molecule has 0 aromatic carbocycles. The minimum Gasteiger partial charge on any atom is -0.338 e. The van der Waals surface area contributed by atoms with Crippen molar-refractivity contribution < 1.29 is 4.79 Å². The van der Waals surface area contributed by atoms with Crippen molar-refractivity contribution in [1.29, 1.82) is 0 Å². The number of carbonyl (C=O) groups excluding carboxylic acids is 1. The second-order valence-electron chi connectivity index (χ2n) is 7.27. The van der Waals surface area contributed by atoms with Gasteiger partial charge in [-0.15, -0.1) is 12.4 Å². The molecular formula is C18H26ClN3O2. The van der Waals surface area contributed by atoms with Crippen molar-refractivity contribution in [3.05, 3.63) is 33.2 Å². The molecule has 5 nitrogen and oxygen atoms in total. The van der Waals surface area contributed by atoms with Crippen molar-refractivity contribution in [2.24, 2.45) is 11.8 Å². The summed E-state index contributed by atoms with van der Waals surface area (Å²) in [6.45, 7) is 3.70. The molecule has 2 fully saturated rings. The average Bonchev–Trinajstić information content (AvgIpc) is 2.92. The normalized spacial score (nSPS) is 26.1. The summed E-state index contributed by atoms with van der Waals surface area (Å²) in [4.78, 5) is 30.1. The number of aryl methyl sites for hydroxylation is 2. The van der Waals surface area contributed by atoms with Gasteiger partial charge in [0, 0.05) is 18.8 Å². The van der Waals surface area contributed by atoms with Gasteiger partial charge in [-0.3, -0.25) is 9.59 Å². The third-order valence-corrected chi connectivity index (χ3v) is 5.88. The van der Waals surface area contributed by atoms with Gasteiger partial charge < -0.3 is 15.2 Å². The predicted molar refractivity (Wildman–Crippen MR) is 95.9 cm³/mol. The molecule has 6 heteroatoms. The van der Waals surface area contributed by atoms with Crippen LogP contribution < -0.4 is 10.9 Å². The number of hydrogen-bond acceptors (Lipinski definition) is 3. The van der Waals surface area contributed by atoms with Crippen LogP contribution in [0.15, 0.2) is 10.9 Å². The van der Waals surface area contributed by atoms with Gasteiger partial charge in [0.05, 0.1) is 0 Å². The summed E-state index contributed by atoms with van der Waals surface area (Å²) in [5.41, 5.74) is 2.34. The van der Waals surface area contributed by atoms with Crippen LogP contribution in [0.1, 0.15) is 47.3 Å². The highest BCUT2D eigenvalue weighted by molar-refractivity contribution is 5.94. The molecule has 1 amide bonds. The van der Waals surface area contributed by atoms with E-state index in [1.54, 1.807) is 0 Å². The summed E-state index contributed by atoms with van der Waals surface area (Å²) in [5.74, 6) is 1.30. The van der Waals surface area contributed by atoms with Crippen LogP contribution in [0.3, 0.4) is 0 Å². The van der Waals surface area contributed by atoms with E-state index in [1.165, 1.54) is 0 Å². The van der Waals surface area contributed by atoms with Crippen LogP contribution in [-0.2, 0) is 12.8 Å². The Morgan fingerprint density at radius 2 is 1.75 bits per heavy atom. The second-order valence-corrected chi connectivity index (χ2v) is 7.27. The number of carbonyl (C=O) groups is 1. The fourth-order valence-corrected chi connectivity index (χ4v) is 4.43. The third-order valence-electron chi connectivity index (χ3n) is 5.88. The molecular weight excluding hydrogens is 326 g/mol. The van der Waals surface area contributed by atoms with E-state index in [1.807, 2.05) is 11.0 Å². The van der Waals surface area contributed by atoms with E-state index in [9.17, 15) is 9.59 Å². The Labute approximate surface area is 148 Å². The predicted octanol–water partition coefficient (Wildman–Crippen LogP) is 1.75. The van der Waals surface area contributed by atoms with Crippen molar-refractivity contribution in [2.75, 3.05) is 26.2 Å². The van der Waals surface area contributed by atoms with Crippen molar-refractivity contribution >= 4 is 18.3 Å². The lowest BCUT2D eigenvalue weighted by molar-refractivity contribution is 0.0756. The minimum absolute atomic E-state index is 0. The Balaban J connectivity index is 0.00000169. The van der Waals surface area contributed by atoms with E-state index < -0.39 is 0 Å². The average molecular weight is 352 g/mol. The van der Waals surface area contributed by atoms with E-state index in [4.69, 9.17) is 0 Å². The van der Waals surface area contributed by atoms with Crippen LogP contribution >= 0.6 is 12.4 Å². The van der Waals surface area contributed by atoms with Crippen molar-refractivity contribution in [1.82, 2.24) is 15.2 Å². The number of likely N-dealkylation sites (tertiary alicyclic amines) is 1. The van der Waals surface area contributed by atoms with E-state index >= 15 is 0 Å². The van der Waals surface area contributed by atoms with Gasteiger partial charge in [0.25, 0.3) is 11.5 Å². The number of rotatable bonds is 1. The van der Waals surface area contributed by atoms with E-state index in [0.717, 1.165) is 76.0 Å². The fourth-order valence-electron chi connectivity index (χ4n) is 4.43. The summed E-state index contributed by atoms with van der Waals surface area (Å²) < 4.78 is 0. The molecule has 1 aromatic rings. The van der Waals surface area contributed by atoms with Crippen molar-refractivity contribution in [3.63, 3.8) is 0 Å². The Hall–Kier alpha value is -1.33.